The molecule has 2 atom stereocenters. The topological polar surface area (TPSA) is 38.7 Å². The summed E-state index contributed by atoms with van der Waals surface area (Å²) in [6, 6.07) is 14.1. The molecule has 0 unspecified atom stereocenters. The summed E-state index contributed by atoms with van der Waals surface area (Å²) in [5.41, 5.74) is 0.466. The van der Waals surface area contributed by atoms with Gasteiger partial charge in [-0.1, -0.05) is 46.3 Å². The Kier molecular flexibility index (Phi) is 4.99. The minimum absolute atomic E-state index is 0.0269. The largest absolute Gasteiger partial charge is 0.378 e. The summed E-state index contributed by atoms with van der Waals surface area (Å²) < 4.78 is 21.1. The zero-order valence-corrected chi connectivity index (χ0v) is 16.4. The van der Waals surface area contributed by atoms with Crippen LogP contribution >= 0.6 is 27.7 Å². The van der Waals surface area contributed by atoms with Crippen LogP contribution in [0.15, 0.2) is 58.0 Å². The number of rotatable bonds is 4. The molecule has 0 saturated carbocycles. The zero-order valence-electron chi connectivity index (χ0n) is 14.0. The second-order valence-corrected chi connectivity index (χ2v) is 8.55. The maximum absolute atomic E-state index is 14.6. The van der Waals surface area contributed by atoms with Gasteiger partial charge in [0.25, 0.3) is 0 Å². The number of hydrogen-bond donors (Lipinski definition) is 0. The maximum Gasteiger partial charge on any atom is 0.169 e. The number of aliphatic imine (C=N–C) groups is 1. The van der Waals surface area contributed by atoms with Gasteiger partial charge in [-0.15, -0.1) is 11.8 Å². The van der Waals surface area contributed by atoms with E-state index in [-0.39, 0.29) is 23.9 Å². The van der Waals surface area contributed by atoms with Crippen LogP contribution < -0.4 is 0 Å². The molecule has 0 radical (unpaired) electrons. The van der Waals surface area contributed by atoms with Gasteiger partial charge in [0.15, 0.2) is 5.78 Å². The summed E-state index contributed by atoms with van der Waals surface area (Å²) in [5.74, 6) is 0.617. The summed E-state index contributed by atoms with van der Waals surface area (Å²) in [5, 5.41) is 0.750. The molecule has 1 saturated heterocycles. The van der Waals surface area contributed by atoms with Crippen LogP contribution in [0.5, 0.6) is 0 Å². The first kappa shape index (κ1) is 17.9. The van der Waals surface area contributed by atoms with Crippen LogP contribution in [-0.2, 0) is 10.3 Å². The van der Waals surface area contributed by atoms with Crippen LogP contribution in [-0.4, -0.2) is 29.8 Å². The van der Waals surface area contributed by atoms with E-state index in [4.69, 9.17) is 9.73 Å². The van der Waals surface area contributed by atoms with Crippen molar-refractivity contribution in [2.75, 3.05) is 19.0 Å². The summed E-state index contributed by atoms with van der Waals surface area (Å²) in [6.07, 6.45) is 0.235. The lowest BCUT2D eigenvalue weighted by Gasteiger charge is -2.35. The van der Waals surface area contributed by atoms with Crippen LogP contribution in [0.1, 0.15) is 22.3 Å². The first-order chi connectivity index (χ1) is 12.6. The van der Waals surface area contributed by atoms with Crippen molar-refractivity contribution in [2.24, 2.45) is 10.9 Å². The summed E-state index contributed by atoms with van der Waals surface area (Å²) >= 11 is 5.01. The molecule has 2 heterocycles. The van der Waals surface area contributed by atoms with Crippen LogP contribution in [0, 0.1) is 11.7 Å². The molecule has 3 nitrogen and oxygen atoms in total. The monoisotopic (exact) mass is 433 g/mol. The van der Waals surface area contributed by atoms with Crippen molar-refractivity contribution in [1.82, 2.24) is 0 Å². The molecule has 26 heavy (non-hydrogen) atoms. The van der Waals surface area contributed by atoms with Crippen molar-refractivity contribution >= 4 is 38.5 Å². The molecule has 2 aliphatic heterocycles. The molecule has 2 aromatic carbocycles. The fourth-order valence-corrected chi connectivity index (χ4v) is 5.10. The molecule has 6 heteroatoms. The van der Waals surface area contributed by atoms with E-state index in [1.54, 1.807) is 23.9 Å². The number of ether oxygens (including phenoxy) is 1. The Morgan fingerprint density at radius 1 is 1.31 bits per heavy atom. The number of halogens is 2. The fourth-order valence-electron chi connectivity index (χ4n) is 3.51. The molecule has 0 aliphatic carbocycles. The normalized spacial score (nSPS) is 24.8. The third kappa shape index (κ3) is 3.26. The molecule has 2 aliphatic rings. The molecular formula is C20H17BrFNO2S. The van der Waals surface area contributed by atoms with Gasteiger partial charge in [-0.3, -0.25) is 9.79 Å². The minimum Gasteiger partial charge on any atom is -0.378 e. The van der Waals surface area contributed by atoms with Crippen LogP contribution in [0.2, 0.25) is 0 Å². The van der Waals surface area contributed by atoms with Gasteiger partial charge < -0.3 is 4.74 Å². The number of benzene rings is 2. The third-order valence-corrected chi connectivity index (χ3v) is 6.53. The highest BCUT2D eigenvalue weighted by atomic mass is 79.9. The molecule has 1 fully saturated rings. The quantitative estimate of drug-likeness (QED) is 0.646. The molecule has 0 amide bonds. The second-order valence-electron chi connectivity index (χ2n) is 6.54. The lowest BCUT2D eigenvalue weighted by molar-refractivity contribution is 0.100. The second kappa shape index (κ2) is 7.25. The molecule has 0 spiro atoms. The molecule has 134 valence electrons. The Labute approximate surface area is 164 Å². The number of hydrogen-bond acceptors (Lipinski definition) is 4. The van der Waals surface area contributed by atoms with Crippen molar-refractivity contribution in [3.8, 4) is 0 Å². The average molecular weight is 434 g/mol. The van der Waals surface area contributed by atoms with Crippen molar-refractivity contribution in [3.05, 3.63) is 69.9 Å². The van der Waals surface area contributed by atoms with Crippen molar-refractivity contribution in [2.45, 2.75) is 12.0 Å². The first-order valence-electron chi connectivity index (χ1n) is 8.41. The van der Waals surface area contributed by atoms with Gasteiger partial charge in [0.2, 0.25) is 0 Å². The Balaban J connectivity index is 1.69. The van der Waals surface area contributed by atoms with Gasteiger partial charge in [0.05, 0.1) is 24.7 Å². The Bertz CT molecular complexity index is 873. The van der Waals surface area contributed by atoms with Gasteiger partial charge >= 0.3 is 0 Å². The van der Waals surface area contributed by atoms with Gasteiger partial charge in [0.1, 0.15) is 11.4 Å². The minimum atomic E-state index is -0.745. The number of ketones is 1. The Morgan fingerprint density at radius 2 is 2.12 bits per heavy atom. The average Bonchev–Trinajstić information content (AvgIpc) is 3.08. The molecule has 2 aromatic rings. The molecule has 0 bridgehead atoms. The first-order valence-corrected chi connectivity index (χ1v) is 10.2. The number of nitrogens with zero attached hydrogens (tertiary/aromatic N) is 1. The highest BCUT2D eigenvalue weighted by molar-refractivity contribution is 9.10. The number of Topliss-reactive ketones (excluding diaryl/α,β-unsaturated/α-hetero) is 1. The van der Waals surface area contributed by atoms with E-state index in [1.807, 2.05) is 30.3 Å². The third-order valence-electron chi connectivity index (χ3n) is 4.89. The Hall–Kier alpha value is -1.50. The number of carbonyl (C=O) groups excluding carboxylic acids is 1. The van der Waals surface area contributed by atoms with E-state index in [0.717, 1.165) is 15.3 Å². The van der Waals surface area contributed by atoms with E-state index in [2.05, 4.69) is 15.9 Å². The van der Waals surface area contributed by atoms with Crippen LogP contribution in [0.4, 0.5) is 4.39 Å². The number of fused-ring (bicyclic) bond motifs is 1. The molecule has 4 rings (SSSR count). The summed E-state index contributed by atoms with van der Waals surface area (Å²) in [4.78, 5) is 17.4. The lowest BCUT2D eigenvalue weighted by atomic mass is 9.81. The van der Waals surface area contributed by atoms with E-state index >= 15 is 0 Å². The van der Waals surface area contributed by atoms with Crippen molar-refractivity contribution < 1.29 is 13.9 Å². The smallest absolute Gasteiger partial charge is 0.169 e. The summed E-state index contributed by atoms with van der Waals surface area (Å²) in [6.45, 7) is 0.900. The van der Waals surface area contributed by atoms with E-state index in [9.17, 15) is 9.18 Å². The molecule has 0 N–H and O–H groups in total. The van der Waals surface area contributed by atoms with Gasteiger partial charge in [0, 0.05) is 27.3 Å². The highest BCUT2D eigenvalue weighted by Crippen LogP contribution is 2.46. The Morgan fingerprint density at radius 3 is 2.92 bits per heavy atom. The van der Waals surface area contributed by atoms with E-state index in [0.29, 0.717) is 24.3 Å². The maximum atomic E-state index is 14.6. The zero-order chi connectivity index (χ0) is 18.1. The van der Waals surface area contributed by atoms with Gasteiger partial charge in [-0.2, -0.15) is 0 Å². The molecule has 0 aromatic heterocycles. The predicted octanol–water partition coefficient (Wildman–Crippen LogP) is 4.85. The predicted molar refractivity (Wildman–Crippen MR) is 105 cm³/mol. The van der Waals surface area contributed by atoms with Crippen molar-refractivity contribution in [1.29, 1.82) is 0 Å². The highest BCUT2D eigenvalue weighted by Gasteiger charge is 2.49. The fraction of sp³-hybridized carbons (Fsp3) is 0.300. The number of carbonyl (C=O) groups is 1. The number of thioether (sulfide) groups is 1. The van der Waals surface area contributed by atoms with E-state index < -0.39 is 5.54 Å². The standard InChI is InChI=1S/C20H17BrFNO2S/c21-15-6-7-17(22)16(8-15)20-12-25-10-14(20)11-26-19(23-20)9-18(24)13-4-2-1-3-5-13/h1-8,14H,9-12H2/t14-,20-/m0/s1. The van der Waals surface area contributed by atoms with Gasteiger partial charge in [-0.25, -0.2) is 4.39 Å². The van der Waals surface area contributed by atoms with Crippen molar-refractivity contribution in [3.63, 3.8) is 0 Å². The van der Waals surface area contributed by atoms with Crippen LogP contribution in [0.25, 0.3) is 0 Å². The lowest BCUT2D eigenvalue weighted by Crippen LogP contribution is -2.39. The van der Waals surface area contributed by atoms with E-state index in [1.165, 1.54) is 6.07 Å². The van der Waals surface area contributed by atoms with Crippen LogP contribution in [0.3, 0.4) is 0 Å². The SMILES string of the molecule is O=C(CC1=N[C@@]2(c3cc(Br)ccc3F)COC[C@H]2CS1)c1ccccc1. The molecular weight excluding hydrogens is 417 g/mol. The summed E-state index contributed by atoms with van der Waals surface area (Å²) in [7, 11) is 0. The van der Waals surface area contributed by atoms with Gasteiger partial charge in [-0.05, 0) is 18.2 Å².